The molecule has 0 unspecified atom stereocenters. The highest BCUT2D eigenvalue weighted by Gasteiger charge is 2.55. The Balaban J connectivity index is 2.13. The Labute approximate surface area is 85.4 Å². The van der Waals surface area contributed by atoms with Gasteiger partial charge in [-0.2, -0.15) is 0 Å². The number of ether oxygens (including phenoxy) is 2. The maximum Gasteiger partial charge on any atom is 0.168 e. The maximum atomic E-state index is 7.75. The first-order valence-corrected chi connectivity index (χ1v) is 4.55. The Bertz CT molecular complexity index is 291. The van der Waals surface area contributed by atoms with Crippen molar-refractivity contribution in [3.05, 3.63) is 0 Å². The van der Waals surface area contributed by atoms with Crippen LogP contribution in [0.1, 0.15) is 31.2 Å². The summed E-state index contributed by atoms with van der Waals surface area (Å²) in [5.74, 6) is -0.649. The number of piperidine rings is 1. The number of nitrogens with one attached hydrogen (secondary N) is 1. The molecule has 1 aliphatic heterocycles. The van der Waals surface area contributed by atoms with Crippen LogP contribution in [-0.2, 0) is 9.47 Å². The second-order valence-corrected chi connectivity index (χ2v) is 4.00. The molecule has 3 heteroatoms. The summed E-state index contributed by atoms with van der Waals surface area (Å²) in [6.45, 7) is -3.34. The molecule has 1 saturated carbocycles. The fourth-order valence-electron chi connectivity index (χ4n) is 2.30. The highest BCUT2D eigenvalue weighted by Crippen LogP contribution is 2.55. The number of hydrogen-bond acceptors (Lipinski definition) is 3. The van der Waals surface area contributed by atoms with Gasteiger partial charge < -0.3 is 14.8 Å². The van der Waals surface area contributed by atoms with Crippen molar-refractivity contribution in [1.82, 2.24) is 5.32 Å². The van der Waals surface area contributed by atoms with Crippen LogP contribution in [0.3, 0.4) is 0 Å². The van der Waals surface area contributed by atoms with E-state index in [9.17, 15) is 0 Å². The van der Waals surface area contributed by atoms with E-state index in [-0.39, 0.29) is 5.41 Å². The minimum absolute atomic E-state index is 0.300. The molecule has 2 rings (SSSR count). The van der Waals surface area contributed by atoms with E-state index in [2.05, 4.69) is 5.32 Å². The van der Waals surface area contributed by atoms with Crippen molar-refractivity contribution in [3.63, 3.8) is 0 Å². The Hall–Kier alpha value is -0.120. The second kappa shape index (κ2) is 3.23. The number of hydrogen-bond donors (Lipinski definition) is 1. The third-order valence-electron chi connectivity index (χ3n) is 3.14. The molecule has 2 fully saturated rings. The van der Waals surface area contributed by atoms with Gasteiger partial charge in [0, 0.05) is 32.5 Å². The summed E-state index contributed by atoms with van der Waals surface area (Å²) in [4.78, 5) is 0. The van der Waals surface area contributed by atoms with Gasteiger partial charge in [-0.15, -0.1) is 0 Å². The topological polar surface area (TPSA) is 30.5 Å². The summed E-state index contributed by atoms with van der Waals surface area (Å²) in [6, 6.07) is 0. The molecule has 1 spiro atoms. The molecule has 0 radical (unpaired) electrons. The van der Waals surface area contributed by atoms with Crippen molar-refractivity contribution in [2.45, 2.75) is 31.5 Å². The third-order valence-corrected chi connectivity index (χ3v) is 3.14. The van der Waals surface area contributed by atoms with Crippen LogP contribution in [-0.4, -0.2) is 33.0 Å². The normalized spacial score (nSPS) is 42.3. The van der Waals surface area contributed by atoms with E-state index in [1.807, 2.05) is 0 Å². The molecule has 0 bridgehead atoms. The Kier molecular flexibility index (Phi) is 1.41. The van der Waals surface area contributed by atoms with Crippen molar-refractivity contribution in [2.75, 3.05) is 27.2 Å². The lowest BCUT2D eigenvalue weighted by Crippen LogP contribution is -2.57. The lowest BCUT2D eigenvalue weighted by Gasteiger charge is -2.56. The highest BCUT2D eigenvalue weighted by molar-refractivity contribution is 5.02. The zero-order valence-electron chi connectivity index (χ0n) is 12.1. The zero-order chi connectivity index (χ0) is 12.9. The average Bonchev–Trinajstić information content (AvgIpc) is 2.08. The Morgan fingerprint density at radius 2 is 1.69 bits per heavy atom. The second-order valence-electron chi connectivity index (χ2n) is 4.00. The van der Waals surface area contributed by atoms with Crippen LogP contribution in [0.5, 0.6) is 0 Å². The number of methoxy groups -OCH3 is 2. The molecule has 0 aromatic heterocycles. The van der Waals surface area contributed by atoms with Gasteiger partial charge in [0.05, 0.1) is 0 Å². The third kappa shape index (κ3) is 1.49. The standard InChI is InChI=1S/C10H19NO2/c1-12-10(13-2)7-9(8-10)3-5-11-6-4-9/h11H,3-8H2,1-2H3/i5D2,6D2. The molecular formula is C10H19NO2. The van der Waals surface area contributed by atoms with Gasteiger partial charge in [-0.05, 0) is 31.3 Å². The first kappa shape index (κ1) is 5.69. The van der Waals surface area contributed by atoms with Gasteiger partial charge >= 0.3 is 0 Å². The summed E-state index contributed by atoms with van der Waals surface area (Å²) >= 11 is 0. The van der Waals surface area contributed by atoms with Crippen molar-refractivity contribution >= 4 is 0 Å². The van der Waals surface area contributed by atoms with Crippen LogP contribution in [0.15, 0.2) is 0 Å². The van der Waals surface area contributed by atoms with Crippen LogP contribution in [0.2, 0.25) is 0 Å². The largest absolute Gasteiger partial charge is 0.353 e. The van der Waals surface area contributed by atoms with Crippen molar-refractivity contribution in [2.24, 2.45) is 5.41 Å². The first-order chi connectivity index (χ1) is 7.66. The molecule has 0 aromatic carbocycles. The van der Waals surface area contributed by atoms with Gasteiger partial charge in [0.25, 0.3) is 0 Å². The molecule has 2 aliphatic rings. The molecular weight excluding hydrogens is 166 g/mol. The van der Waals surface area contributed by atoms with Gasteiger partial charge in [0.15, 0.2) is 5.79 Å². The van der Waals surface area contributed by atoms with Crippen LogP contribution in [0, 0.1) is 5.41 Å². The smallest absolute Gasteiger partial charge is 0.168 e. The summed E-state index contributed by atoms with van der Waals surface area (Å²) < 4.78 is 41.6. The quantitative estimate of drug-likeness (QED) is 0.661. The van der Waals surface area contributed by atoms with Crippen molar-refractivity contribution < 1.29 is 15.0 Å². The van der Waals surface area contributed by atoms with Gasteiger partial charge in [0.1, 0.15) is 0 Å². The predicted octanol–water partition coefficient (Wildman–Crippen LogP) is 1.14. The van der Waals surface area contributed by atoms with Crippen LogP contribution < -0.4 is 5.32 Å². The molecule has 1 N–H and O–H groups in total. The fraction of sp³-hybridized carbons (Fsp3) is 1.00. The molecule has 1 saturated heterocycles. The van der Waals surface area contributed by atoms with E-state index in [4.69, 9.17) is 15.0 Å². The SMILES string of the molecule is [2H]C1([2H])CC2(CC([2H])([2H])N1)CC(OC)(OC)C2. The fourth-order valence-corrected chi connectivity index (χ4v) is 2.30. The van der Waals surface area contributed by atoms with Crippen LogP contribution in [0.25, 0.3) is 0 Å². The molecule has 3 nitrogen and oxygen atoms in total. The van der Waals surface area contributed by atoms with Crippen molar-refractivity contribution in [3.8, 4) is 0 Å². The molecule has 1 aliphatic carbocycles. The van der Waals surface area contributed by atoms with E-state index >= 15 is 0 Å². The molecule has 0 aromatic rings. The van der Waals surface area contributed by atoms with E-state index in [1.165, 1.54) is 0 Å². The molecule has 0 atom stereocenters. The van der Waals surface area contributed by atoms with E-state index < -0.39 is 18.8 Å². The monoisotopic (exact) mass is 189 g/mol. The molecule has 76 valence electrons. The average molecular weight is 189 g/mol. The van der Waals surface area contributed by atoms with E-state index in [0.29, 0.717) is 25.7 Å². The summed E-state index contributed by atoms with van der Waals surface area (Å²) in [5, 5.41) is 2.40. The van der Waals surface area contributed by atoms with E-state index in [1.54, 1.807) is 14.2 Å². The van der Waals surface area contributed by atoms with E-state index in [0.717, 1.165) is 0 Å². The molecule has 1 heterocycles. The predicted molar refractivity (Wildman–Crippen MR) is 50.5 cm³/mol. The van der Waals surface area contributed by atoms with Crippen LogP contribution >= 0.6 is 0 Å². The number of rotatable bonds is 2. The molecule has 0 amide bonds. The van der Waals surface area contributed by atoms with Gasteiger partial charge in [0.2, 0.25) is 0 Å². The first-order valence-electron chi connectivity index (χ1n) is 6.55. The lowest BCUT2D eigenvalue weighted by atomic mass is 9.59. The summed E-state index contributed by atoms with van der Waals surface area (Å²) in [6.07, 6.45) is 1.70. The zero-order valence-corrected chi connectivity index (χ0v) is 8.14. The minimum atomic E-state index is -1.67. The highest BCUT2D eigenvalue weighted by atomic mass is 16.7. The lowest BCUT2D eigenvalue weighted by molar-refractivity contribution is -0.300. The summed E-state index contributed by atoms with van der Waals surface area (Å²) in [5.41, 5.74) is -0.357. The van der Waals surface area contributed by atoms with Crippen LogP contribution in [0.4, 0.5) is 0 Å². The Morgan fingerprint density at radius 3 is 2.15 bits per heavy atom. The van der Waals surface area contributed by atoms with Crippen molar-refractivity contribution in [1.29, 1.82) is 0 Å². The van der Waals surface area contributed by atoms with Gasteiger partial charge in [-0.3, -0.25) is 0 Å². The summed E-state index contributed by atoms with van der Waals surface area (Å²) in [7, 11) is 3.14. The van der Waals surface area contributed by atoms with Gasteiger partial charge in [-0.25, -0.2) is 0 Å². The van der Waals surface area contributed by atoms with Gasteiger partial charge in [-0.1, -0.05) is 0 Å². The maximum absolute atomic E-state index is 7.75. The Morgan fingerprint density at radius 1 is 1.15 bits per heavy atom. The minimum Gasteiger partial charge on any atom is -0.353 e. The molecule has 13 heavy (non-hydrogen) atoms.